The van der Waals surface area contributed by atoms with E-state index in [0.717, 1.165) is 12.1 Å². The molecule has 1 amide bonds. The highest BCUT2D eigenvalue weighted by Crippen LogP contribution is 2.06. The van der Waals surface area contributed by atoms with Crippen molar-refractivity contribution in [3.05, 3.63) is 18.0 Å². The summed E-state index contributed by atoms with van der Waals surface area (Å²) in [4.78, 5) is 15.4. The van der Waals surface area contributed by atoms with Gasteiger partial charge in [0, 0.05) is 39.4 Å². The summed E-state index contributed by atoms with van der Waals surface area (Å²) in [6.07, 6.45) is 3.78. The number of hydrogen-bond acceptors (Lipinski definition) is 3. The number of nitrogens with zero attached hydrogens (tertiary/aromatic N) is 4. The molecule has 1 aromatic heterocycles. The van der Waals surface area contributed by atoms with Crippen LogP contribution in [0.5, 0.6) is 0 Å². The molecule has 1 heterocycles. The molecular weight excluding hydrogens is 204 g/mol. The van der Waals surface area contributed by atoms with E-state index in [4.69, 9.17) is 0 Å². The second-order valence-corrected chi connectivity index (χ2v) is 4.35. The monoisotopic (exact) mass is 224 g/mol. The van der Waals surface area contributed by atoms with Crippen LogP contribution < -0.4 is 0 Å². The predicted octanol–water partition coefficient (Wildman–Crippen LogP) is 0.329. The van der Waals surface area contributed by atoms with Crippen molar-refractivity contribution >= 4 is 5.91 Å². The normalized spacial score (nSPS) is 12.9. The Morgan fingerprint density at radius 3 is 2.56 bits per heavy atom. The molecule has 0 radical (unpaired) electrons. The third-order valence-electron chi connectivity index (χ3n) is 2.65. The first kappa shape index (κ1) is 12.7. The second kappa shape index (κ2) is 5.12. The minimum atomic E-state index is -0.116. The van der Waals surface area contributed by atoms with Gasteiger partial charge in [-0.25, -0.2) is 0 Å². The van der Waals surface area contributed by atoms with E-state index < -0.39 is 0 Å². The second-order valence-electron chi connectivity index (χ2n) is 4.35. The van der Waals surface area contributed by atoms with Crippen LogP contribution in [0.4, 0.5) is 0 Å². The summed E-state index contributed by atoms with van der Waals surface area (Å²) < 4.78 is 1.77. The van der Waals surface area contributed by atoms with Gasteiger partial charge in [0.2, 0.25) is 5.91 Å². The summed E-state index contributed by atoms with van der Waals surface area (Å²) in [7, 11) is 7.38. The molecule has 0 bridgehead atoms. The number of hydrogen-bond donors (Lipinski definition) is 0. The number of rotatable bonds is 4. The van der Waals surface area contributed by atoms with Gasteiger partial charge in [0.05, 0.1) is 12.2 Å². The number of likely N-dealkylation sites (N-methyl/N-ethyl adjacent to an activating group) is 2. The summed E-state index contributed by atoms with van der Waals surface area (Å²) >= 11 is 0. The minimum Gasteiger partial charge on any atom is -0.347 e. The molecule has 0 aliphatic rings. The third-order valence-corrected chi connectivity index (χ3v) is 2.65. The molecule has 1 aromatic rings. The van der Waals surface area contributed by atoms with E-state index in [1.807, 2.05) is 38.3 Å². The lowest BCUT2D eigenvalue weighted by Crippen LogP contribution is -2.42. The minimum absolute atomic E-state index is 0.116. The molecule has 1 unspecified atom stereocenters. The lowest BCUT2D eigenvalue weighted by Gasteiger charge is -2.25. The van der Waals surface area contributed by atoms with Crippen molar-refractivity contribution in [1.82, 2.24) is 19.6 Å². The molecule has 0 fully saturated rings. The predicted molar refractivity (Wildman–Crippen MR) is 62.8 cm³/mol. The average molecular weight is 224 g/mol. The van der Waals surface area contributed by atoms with E-state index in [-0.39, 0.29) is 11.9 Å². The standard InChI is InChI=1S/C11H20N4O/c1-9(11(16)13(2)3)14(4)7-10-6-12-15(5)8-10/h6,8-9H,7H2,1-5H3. The van der Waals surface area contributed by atoms with Crippen LogP contribution >= 0.6 is 0 Å². The Balaban J connectivity index is 2.58. The molecule has 0 saturated heterocycles. The van der Waals surface area contributed by atoms with Gasteiger partial charge in [-0.2, -0.15) is 5.10 Å². The molecule has 0 aromatic carbocycles. The van der Waals surface area contributed by atoms with Crippen LogP contribution in [0.15, 0.2) is 12.4 Å². The van der Waals surface area contributed by atoms with Gasteiger partial charge in [-0.1, -0.05) is 0 Å². The first-order valence-electron chi connectivity index (χ1n) is 5.30. The van der Waals surface area contributed by atoms with Gasteiger partial charge in [-0.05, 0) is 14.0 Å². The molecule has 1 rings (SSSR count). The molecule has 0 aliphatic heterocycles. The van der Waals surface area contributed by atoms with Crippen molar-refractivity contribution in [2.45, 2.75) is 19.5 Å². The van der Waals surface area contributed by atoms with Crippen molar-refractivity contribution in [3.63, 3.8) is 0 Å². The fourth-order valence-electron chi connectivity index (χ4n) is 1.54. The lowest BCUT2D eigenvalue weighted by atomic mass is 10.2. The SMILES string of the molecule is CC(C(=O)N(C)C)N(C)Cc1cnn(C)c1. The number of aromatic nitrogens is 2. The van der Waals surface area contributed by atoms with E-state index in [1.54, 1.807) is 23.7 Å². The Kier molecular flexibility index (Phi) is 4.06. The zero-order valence-electron chi connectivity index (χ0n) is 10.6. The Hall–Kier alpha value is -1.36. The van der Waals surface area contributed by atoms with Crippen molar-refractivity contribution in [1.29, 1.82) is 0 Å². The molecule has 1 atom stereocenters. The van der Waals surface area contributed by atoms with Gasteiger partial charge in [0.1, 0.15) is 0 Å². The zero-order chi connectivity index (χ0) is 12.3. The van der Waals surface area contributed by atoms with Crippen molar-refractivity contribution in [3.8, 4) is 0 Å². The van der Waals surface area contributed by atoms with Gasteiger partial charge in [0.25, 0.3) is 0 Å². The Bertz CT molecular complexity index is 359. The molecular formula is C11H20N4O. The van der Waals surface area contributed by atoms with Gasteiger partial charge < -0.3 is 4.90 Å². The molecule has 5 heteroatoms. The molecule has 0 spiro atoms. The van der Waals surface area contributed by atoms with Crippen molar-refractivity contribution < 1.29 is 4.79 Å². The highest BCUT2D eigenvalue weighted by atomic mass is 16.2. The fourth-order valence-corrected chi connectivity index (χ4v) is 1.54. The van der Waals surface area contributed by atoms with Crippen LogP contribution in [0.2, 0.25) is 0 Å². The van der Waals surface area contributed by atoms with Crippen LogP contribution in [0.3, 0.4) is 0 Å². The van der Waals surface area contributed by atoms with Gasteiger partial charge in [0.15, 0.2) is 0 Å². The summed E-state index contributed by atoms with van der Waals surface area (Å²) in [5.41, 5.74) is 1.11. The van der Waals surface area contributed by atoms with E-state index in [9.17, 15) is 4.79 Å². The largest absolute Gasteiger partial charge is 0.347 e. The highest BCUT2D eigenvalue weighted by molar-refractivity contribution is 5.80. The lowest BCUT2D eigenvalue weighted by molar-refractivity contribution is -0.133. The maximum absolute atomic E-state index is 11.7. The first-order chi connectivity index (χ1) is 7.41. The zero-order valence-corrected chi connectivity index (χ0v) is 10.6. The van der Waals surface area contributed by atoms with Crippen molar-refractivity contribution in [2.24, 2.45) is 7.05 Å². The van der Waals surface area contributed by atoms with Crippen LogP contribution in [-0.2, 0) is 18.4 Å². The smallest absolute Gasteiger partial charge is 0.239 e. The van der Waals surface area contributed by atoms with Crippen LogP contribution in [0.1, 0.15) is 12.5 Å². The summed E-state index contributed by atoms with van der Waals surface area (Å²) in [5, 5.41) is 4.10. The number of carbonyl (C=O) groups is 1. The van der Waals surface area contributed by atoms with E-state index in [2.05, 4.69) is 5.10 Å². The Labute approximate surface area is 96.6 Å². The van der Waals surface area contributed by atoms with Crippen LogP contribution in [-0.4, -0.2) is 52.7 Å². The Morgan fingerprint density at radius 2 is 2.12 bits per heavy atom. The number of carbonyl (C=O) groups excluding carboxylic acids is 1. The molecule has 0 aliphatic carbocycles. The summed E-state index contributed by atoms with van der Waals surface area (Å²) in [6.45, 7) is 2.65. The number of aryl methyl sites for hydroxylation is 1. The third kappa shape index (κ3) is 3.06. The van der Waals surface area contributed by atoms with Crippen LogP contribution in [0, 0.1) is 0 Å². The molecule has 90 valence electrons. The van der Waals surface area contributed by atoms with E-state index >= 15 is 0 Å². The topological polar surface area (TPSA) is 41.4 Å². The van der Waals surface area contributed by atoms with Gasteiger partial charge >= 0.3 is 0 Å². The molecule has 5 nitrogen and oxygen atoms in total. The molecule has 0 saturated carbocycles. The molecule has 0 N–H and O–H groups in total. The van der Waals surface area contributed by atoms with E-state index in [1.165, 1.54) is 0 Å². The Morgan fingerprint density at radius 1 is 1.50 bits per heavy atom. The quantitative estimate of drug-likeness (QED) is 0.740. The number of amides is 1. The maximum atomic E-state index is 11.7. The van der Waals surface area contributed by atoms with Crippen LogP contribution in [0.25, 0.3) is 0 Å². The molecule has 16 heavy (non-hydrogen) atoms. The van der Waals surface area contributed by atoms with Gasteiger partial charge in [-0.15, -0.1) is 0 Å². The maximum Gasteiger partial charge on any atom is 0.239 e. The summed E-state index contributed by atoms with van der Waals surface area (Å²) in [6, 6.07) is -0.116. The fraction of sp³-hybridized carbons (Fsp3) is 0.636. The van der Waals surface area contributed by atoms with E-state index in [0.29, 0.717) is 0 Å². The summed E-state index contributed by atoms with van der Waals surface area (Å²) in [5.74, 6) is 0.117. The van der Waals surface area contributed by atoms with Crippen molar-refractivity contribution in [2.75, 3.05) is 21.1 Å². The first-order valence-corrected chi connectivity index (χ1v) is 5.30. The average Bonchev–Trinajstić information content (AvgIpc) is 2.61. The highest BCUT2D eigenvalue weighted by Gasteiger charge is 2.19. The van der Waals surface area contributed by atoms with Gasteiger partial charge in [-0.3, -0.25) is 14.4 Å².